The smallest absolute Gasteiger partial charge is 0.408 e. The molecule has 0 spiro atoms. The normalized spacial score (nSPS) is 11.5. The van der Waals surface area contributed by atoms with Crippen LogP contribution in [0.4, 0.5) is 16.2 Å². The molecule has 79 heavy (non-hydrogen) atoms. The molecule has 5 N–H and O–H groups in total. The molecule has 6 aromatic carbocycles. The molecule has 14 nitrogen and oxygen atoms in total. The van der Waals surface area contributed by atoms with Crippen molar-refractivity contribution in [2.24, 2.45) is 5.73 Å². The molecule has 3 amide bonds. The summed E-state index contributed by atoms with van der Waals surface area (Å²) in [5, 5.41) is 8.63. The quantitative estimate of drug-likeness (QED) is 0.0316. The molecule has 6 aromatic rings. The summed E-state index contributed by atoms with van der Waals surface area (Å²) in [6, 6.07) is 44.3. The van der Waals surface area contributed by atoms with E-state index < -0.39 is 29.7 Å². The third-order valence-corrected chi connectivity index (χ3v) is 11.8. The van der Waals surface area contributed by atoms with Crippen LogP contribution in [-0.2, 0) is 40.4 Å². The Morgan fingerprint density at radius 1 is 0.468 bits per heavy atom. The zero-order valence-electron chi connectivity index (χ0n) is 47.2. The van der Waals surface area contributed by atoms with Gasteiger partial charge in [0.1, 0.15) is 59.4 Å². The minimum Gasteiger partial charge on any atom is -0.493 e. The Hall–Kier alpha value is -7.42. The van der Waals surface area contributed by atoms with Crippen molar-refractivity contribution in [1.29, 1.82) is 0 Å². The van der Waals surface area contributed by atoms with Crippen LogP contribution in [-0.4, -0.2) is 62.0 Å². The average Bonchev–Trinajstić information content (AvgIpc) is 3.43. The highest BCUT2D eigenvalue weighted by molar-refractivity contribution is 5.98. The zero-order valence-corrected chi connectivity index (χ0v) is 48.0. The third kappa shape index (κ3) is 24.4. The van der Waals surface area contributed by atoms with Crippen molar-refractivity contribution in [3.63, 3.8) is 0 Å². The van der Waals surface area contributed by atoms with Gasteiger partial charge in [0.25, 0.3) is 0 Å². The molecule has 0 radical (unpaired) electrons. The molecular formula is C64H83ClN4O10. The highest BCUT2D eigenvalue weighted by Crippen LogP contribution is 2.32. The lowest BCUT2D eigenvalue weighted by Gasteiger charge is -2.24. The minimum atomic E-state index is -0.907. The van der Waals surface area contributed by atoms with Gasteiger partial charge in [-0.05, 0) is 124 Å². The highest BCUT2D eigenvalue weighted by Gasteiger charge is 2.26. The molecule has 0 aliphatic rings. The molecule has 0 saturated heterocycles. The Bertz CT molecular complexity index is 2690. The van der Waals surface area contributed by atoms with Crippen LogP contribution in [0.25, 0.3) is 0 Å². The van der Waals surface area contributed by atoms with E-state index in [0.29, 0.717) is 80.4 Å². The van der Waals surface area contributed by atoms with Crippen LogP contribution in [0.15, 0.2) is 146 Å². The predicted octanol–water partition coefficient (Wildman–Crippen LogP) is 13.9. The van der Waals surface area contributed by atoms with Gasteiger partial charge in [-0.3, -0.25) is 9.59 Å². The number of carbonyl (C=O) groups is 3. The van der Waals surface area contributed by atoms with Gasteiger partial charge in [0, 0.05) is 18.6 Å². The highest BCUT2D eigenvalue weighted by atomic mass is 35.5. The summed E-state index contributed by atoms with van der Waals surface area (Å²) in [7, 11) is 0. The van der Waals surface area contributed by atoms with Crippen LogP contribution >= 0.6 is 12.4 Å². The maximum Gasteiger partial charge on any atom is 0.408 e. The summed E-state index contributed by atoms with van der Waals surface area (Å²) in [5.41, 5.74) is 10.6. The van der Waals surface area contributed by atoms with Crippen molar-refractivity contribution in [2.75, 3.05) is 37.1 Å². The van der Waals surface area contributed by atoms with Crippen LogP contribution in [0, 0.1) is 0 Å². The number of alkyl carbamates (subject to hydrolysis) is 1. The van der Waals surface area contributed by atoms with E-state index >= 15 is 0 Å². The summed E-state index contributed by atoms with van der Waals surface area (Å²) in [6.45, 7) is 17.0. The Labute approximate surface area is 474 Å². The first-order valence-corrected chi connectivity index (χ1v) is 27.4. The Morgan fingerprint density at radius 3 is 1.33 bits per heavy atom. The summed E-state index contributed by atoms with van der Waals surface area (Å²) >= 11 is 0. The summed E-state index contributed by atoms with van der Waals surface area (Å²) in [6.07, 6.45) is 6.69. The number of benzene rings is 6. The Balaban J connectivity index is 0.000000343. The molecule has 0 fully saturated rings. The largest absolute Gasteiger partial charge is 0.493 e. The van der Waals surface area contributed by atoms with Gasteiger partial charge < -0.3 is 54.8 Å². The lowest BCUT2D eigenvalue weighted by molar-refractivity contribution is -0.118. The van der Waals surface area contributed by atoms with Crippen molar-refractivity contribution in [1.82, 2.24) is 5.32 Å². The zero-order chi connectivity index (χ0) is 56.0. The van der Waals surface area contributed by atoms with Crippen LogP contribution in [0.1, 0.15) is 116 Å². The number of nitrogens with one attached hydrogen (secondary N) is 3. The first kappa shape index (κ1) is 64.1. The summed E-state index contributed by atoms with van der Waals surface area (Å²) in [4.78, 5) is 39.2. The molecule has 0 aliphatic carbocycles. The number of halogens is 1. The summed E-state index contributed by atoms with van der Waals surface area (Å²) < 4.78 is 40.7. The first-order valence-electron chi connectivity index (χ1n) is 27.4. The number of hydrogen-bond acceptors (Lipinski definition) is 11. The van der Waals surface area contributed by atoms with Gasteiger partial charge in [0.2, 0.25) is 11.8 Å². The second kappa shape index (κ2) is 35.2. The van der Waals surface area contributed by atoms with Gasteiger partial charge in [-0.25, -0.2) is 4.79 Å². The standard InChI is InChI=1S/C35H46N2O6.C29H36N2O4.ClH/c1-6-8-21-40-29-19-20-30(32(24-29)41-22-9-7-2)36-33(38)31(37-34(39)43-35(3,4)5)23-26-15-17-28(18-16-26)42-25-27-13-11-10-12-14-27;1-3-5-18-34-28-20-25(33-17-4-2)15-16-27(28)31-29(32)26(30)19-22-11-13-24(14-12-22)35-21-23-9-7-6-8-10-23;/h10-20,24,31H,6-9,21-23,25H2,1-5H3,(H,36,38)(H,37,39);6-16,20,26H,3-5,17-19,21,30H2,1-2H3,(H,31,32);1H/t31-;26-;/m11./s1. The fourth-order valence-electron chi connectivity index (χ4n) is 7.45. The van der Waals surface area contributed by atoms with Crippen molar-refractivity contribution in [3.05, 3.63) is 168 Å². The lowest BCUT2D eigenvalue weighted by Crippen LogP contribution is -2.47. The number of ether oxygens (including phenoxy) is 7. The van der Waals surface area contributed by atoms with E-state index in [9.17, 15) is 14.4 Å². The second-order valence-electron chi connectivity index (χ2n) is 19.8. The molecule has 0 bridgehead atoms. The van der Waals surface area contributed by atoms with Gasteiger partial charge in [-0.2, -0.15) is 0 Å². The van der Waals surface area contributed by atoms with Crippen molar-refractivity contribution in [2.45, 2.75) is 137 Å². The van der Waals surface area contributed by atoms with Crippen molar-refractivity contribution >= 4 is 41.7 Å². The molecule has 0 heterocycles. The fourth-order valence-corrected chi connectivity index (χ4v) is 7.45. The van der Waals surface area contributed by atoms with Crippen LogP contribution < -0.4 is 50.1 Å². The Morgan fingerprint density at radius 2 is 0.886 bits per heavy atom. The van der Waals surface area contributed by atoms with E-state index in [1.54, 1.807) is 39.0 Å². The molecule has 0 saturated carbocycles. The van der Waals surface area contributed by atoms with Crippen LogP contribution in [0.3, 0.4) is 0 Å². The second-order valence-corrected chi connectivity index (χ2v) is 19.8. The van der Waals surface area contributed by atoms with Gasteiger partial charge >= 0.3 is 6.09 Å². The van der Waals surface area contributed by atoms with Crippen molar-refractivity contribution in [3.8, 4) is 34.5 Å². The molecular weight excluding hydrogens is 1020 g/mol. The molecule has 0 unspecified atom stereocenters. The molecule has 0 aliphatic heterocycles. The van der Waals surface area contributed by atoms with E-state index in [4.69, 9.17) is 38.9 Å². The first-order chi connectivity index (χ1) is 37.7. The van der Waals surface area contributed by atoms with Gasteiger partial charge in [0.05, 0.1) is 43.8 Å². The number of rotatable bonds is 30. The number of carbonyl (C=O) groups excluding carboxylic acids is 3. The number of anilines is 2. The van der Waals surface area contributed by atoms with Gasteiger partial charge in [0.15, 0.2) is 0 Å². The average molecular weight is 1100 g/mol. The van der Waals surface area contributed by atoms with E-state index in [0.717, 1.165) is 78.7 Å². The van der Waals surface area contributed by atoms with E-state index in [1.165, 1.54) is 0 Å². The topological polar surface area (TPSA) is 178 Å². The molecule has 15 heteroatoms. The third-order valence-electron chi connectivity index (χ3n) is 11.8. The molecule has 6 rings (SSSR count). The van der Waals surface area contributed by atoms with E-state index in [1.807, 2.05) is 127 Å². The fraction of sp³-hybridized carbons (Fsp3) is 0.391. The lowest BCUT2D eigenvalue weighted by atomic mass is 10.0. The number of hydrogen-bond donors (Lipinski definition) is 4. The van der Waals surface area contributed by atoms with Gasteiger partial charge in [-0.15, -0.1) is 12.4 Å². The van der Waals surface area contributed by atoms with E-state index in [-0.39, 0.29) is 24.7 Å². The minimum absolute atomic E-state index is 0. The molecule has 2 atom stereocenters. The van der Waals surface area contributed by atoms with Crippen LogP contribution in [0.5, 0.6) is 34.5 Å². The van der Waals surface area contributed by atoms with E-state index in [2.05, 4.69) is 43.6 Å². The Kier molecular flexibility index (Phi) is 28.5. The monoisotopic (exact) mass is 1100 g/mol. The van der Waals surface area contributed by atoms with Crippen LogP contribution in [0.2, 0.25) is 0 Å². The number of amides is 3. The van der Waals surface area contributed by atoms with Gasteiger partial charge in [-0.1, -0.05) is 132 Å². The number of nitrogens with two attached hydrogens (primary N) is 1. The SMILES string of the molecule is CCCCOc1cc(OCCC)ccc1NC(=O)[C@H](N)Cc1ccc(OCc2ccccc2)cc1.CCCCOc1ccc(NC(=O)[C@@H](Cc2ccc(OCc3ccccc3)cc2)NC(=O)OC(C)(C)C)c(OCCCC)c1.Cl. The summed E-state index contributed by atoms with van der Waals surface area (Å²) in [5.74, 6) is 3.33. The maximum atomic E-state index is 13.6. The molecule has 426 valence electrons. The molecule has 0 aromatic heterocycles. The van der Waals surface area contributed by atoms with Crippen molar-refractivity contribution < 1.29 is 47.5 Å². The predicted molar refractivity (Wildman–Crippen MR) is 317 cm³/mol. The maximum absolute atomic E-state index is 13.6. The number of unbranched alkanes of at least 4 members (excludes halogenated alkanes) is 3.